The summed E-state index contributed by atoms with van der Waals surface area (Å²) < 4.78 is 5.90. The molecule has 0 aliphatic rings. The van der Waals surface area contributed by atoms with Gasteiger partial charge in [-0.1, -0.05) is 11.3 Å². The molecule has 1 aromatic carbocycles. The summed E-state index contributed by atoms with van der Waals surface area (Å²) in [5.74, 6) is 0.605. The molecule has 2 aromatic rings. The summed E-state index contributed by atoms with van der Waals surface area (Å²) in [7, 11) is 1.55. The highest BCUT2D eigenvalue weighted by molar-refractivity contribution is 7.16. The number of hydrogen-bond acceptors (Lipinski definition) is 4. The van der Waals surface area contributed by atoms with E-state index < -0.39 is 0 Å². The van der Waals surface area contributed by atoms with E-state index in [0.717, 1.165) is 16.0 Å². The minimum absolute atomic E-state index is 0.0982. The number of aromatic nitrogens is 1. The van der Waals surface area contributed by atoms with E-state index in [1.54, 1.807) is 19.2 Å². The third-order valence-corrected chi connectivity index (χ3v) is 2.57. The van der Waals surface area contributed by atoms with Crippen molar-refractivity contribution in [2.24, 2.45) is 0 Å². The van der Waals surface area contributed by atoms with Crippen LogP contribution in [0.15, 0.2) is 16.9 Å². The maximum absolute atomic E-state index is 11.0. The maximum atomic E-state index is 11.0. The Bertz CT molecular complexity index is 500. The average molecular weight is 196 g/mol. The molecule has 0 amide bonds. The van der Waals surface area contributed by atoms with Crippen LogP contribution in [0.2, 0.25) is 0 Å². The highest BCUT2D eigenvalue weighted by Crippen LogP contribution is 2.27. The third kappa shape index (κ3) is 1.27. The molecule has 0 saturated heterocycles. The number of ether oxygens (including phenoxy) is 1. The first-order valence-electron chi connectivity index (χ1n) is 3.67. The Morgan fingerprint density at radius 3 is 3.00 bits per heavy atom. The van der Waals surface area contributed by atoms with Gasteiger partial charge in [-0.3, -0.25) is 4.79 Å². The van der Waals surface area contributed by atoms with Crippen LogP contribution in [-0.4, -0.2) is 12.1 Å². The molecule has 0 unspecified atom stereocenters. The van der Waals surface area contributed by atoms with E-state index in [1.165, 1.54) is 0 Å². The summed E-state index contributed by atoms with van der Waals surface area (Å²) in [5, 5.41) is 0. The lowest BCUT2D eigenvalue weighted by molar-refractivity contribution is 0.419. The number of nitrogens with two attached hydrogens (primary N) is 1. The number of aromatic amines is 1. The number of methoxy groups -OCH3 is 1. The highest BCUT2D eigenvalue weighted by atomic mass is 32.1. The zero-order chi connectivity index (χ0) is 9.42. The van der Waals surface area contributed by atoms with Gasteiger partial charge >= 0.3 is 4.87 Å². The molecule has 0 saturated carbocycles. The number of fused-ring (bicyclic) bond motifs is 1. The fourth-order valence-corrected chi connectivity index (χ4v) is 2.00. The molecular weight excluding hydrogens is 188 g/mol. The van der Waals surface area contributed by atoms with E-state index >= 15 is 0 Å². The smallest absolute Gasteiger partial charge is 0.305 e. The Balaban J connectivity index is 2.88. The van der Waals surface area contributed by atoms with E-state index in [-0.39, 0.29) is 4.87 Å². The summed E-state index contributed by atoms with van der Waals surface area (Å²) in [4.78, 5) is 13.6. The Morgan fingerprint density at radius 1 is 1.54 bits per heavy atom. The molecular formula is C8H8N2O2S. The van der Waals surface area contributed by atoms with Crippen LogP contribution >= 0.6 is 11.3 Å². The summed E-state index contributed by atoms with van der Waals surface area (Å²) in [6.45, 7) is 0. The van der Waals surface area contributed by atoms with Gasteiger partial charge in [-0.2, -0.15) is 0 Å². The lowest BCUT2D eigenvalue weighted by atomic mass is 10.3. The van der Waals surface area contributed by atoms with Crippen molar-refractivity contribution >= 4 is 27.2 Å². The minimum atomic E-state index is -0.0982. The maximum Gasteiger partial charge on any atom is 0.305 e. The number of benzene rings is 1. The van der Waals surface area contributed by atoms with Gasteiger partial charge < -0.3 is 15.5 Å². The molecule has 3 N–H and O–H groups in total. The van der Waals surface area contributed by atoms with E-state index in [1.807, 2.05) is 0 Å². The Kier molecular flexibility index (Phi) is 1.73. The number of thiazole rings is 1. The van der Waals surface area contributed by atoms with Gasteiger partial charge in [0.1, 0.15) is 11.3 Å². The summed E-state index contributed by atoms with van der Waals surface area (Å²) in [6.07, 6.45) is 0. The molecule has 1 aromatic heterocycles. The number of H-pyrrole nitrogens is 1. The molecule has 0 spiro atoms. The van der Waals surface area contributed by atoms with Crippen molar-refractivity contribution in [1.82, 2.24) is 4.98 Å². The van der Waals surface area contributed by atoms with Crippen LogP contribution in [0.1, 0.15) is 0 Å². The first kappa shape index (κ1) is 8.12. The molecule has 0 radical (unpaired) electrons. The second-order valence-electron chi connectivity index (χ2n) is 2.61. The third-order valence-electron chi connectivity index (χ3n) is 1.74. The SMILES string of the molecule is COc1cc(N)cc2sc(=O)[nH]c12. The zero-order valence-corrected chi connectivity index (χ0v) is 7.77. The minimum Gasteiger partial charge on any atom is -0.494 e. The van der Waals surface area contributed by atoms with E-state index in [0.29, 0.717) is 17.0 Å². The number of rotatable bonds is 1. The standard InChI is InChI=1S/C8H8N2O2S/c1-12-5-2-4(9)3-6-7(5)10-8(11)13-6/h2-3H,9H2,1H3,(H,10,11). The van der Waals surface area contributed by atoms with Crippen LogP contribution < -0.4 is 15.3 Å². The van der Waals surface area contributed by atoms with Crippen molar-refractivity contribution in [3.63, 3.8) is 0 Å². The molecule has 68 valence electrons. The number of hydrogen-bond donors (Lipinski definition) is 2. The molecule has 0 fully saturated rings. The van der Waals surface area contributed by atoms with Crippen LogP contribution in [-0.2, 0) is 0 Å². The molecule has 5 heteroatoms. The molecule has 0 aliphatic carbocycles. The largest absolute Gasteiger partial charge is 0.494 e. The summed E-state index contributed by atoms with van der Waals surface area (Å²) in [6, 6.07) is 3.44. The monoisotopic (exact) mass is 196 g/mol. The topological polar surface area (TPSA) is 68.1 Å². The van der Waals surface area contributed by atoms with Gasteiger partial charge in [0, 0.05) is 11.8 Å². The first-order chi connectivity index (χ1) is 6.20. The second kappa shape index (κ2) is 2.77. The molecule has 0 bridgehead atoms. The Morgan fingerprint density at radius 2 is 2.31 bits per heavy atom. The van der Waals surface area contributed by atoms with E-state index in [9.17, 15) is 4.79 Å². The summed E-state index contributed by atoms with van der Waals surface area (Å²) >= 11 is 1.12. The molecule has 0 atom stereocenters. The molecule has 4 nitrogen and oxygen atoms in total. The van der Waals surface area contributed by atoms with Crippen molar-refractivity contribution < 1.29 is 4.74 Å². The fraction of sp³-hybridized carbons (Fsp3) is 0.125. The molecule has 2 rings (SSSR count). The van der Waals surface area contributed by atoms with E-state index in [4.69, 9.17) is 10.5 Å². The zero-order valence-electron chi connectivity index (χ0n) is 6.96. The second-order valence-corrected chi connectivity index (χ2v) is 3.63. The van der Waals surface area contributed by atoms with Crippen LogP contribution in [0.3, 0.4) is 0 Å². The van der Waals surface area contributed by atoms with Gasteiger partial charge in [-0.15, -0.1) is 0 Å². The first-order valence-corrected chi connectivity index (χ1v) is 4.48. The van der Waals surface area contributed by atoms with Gasteiger partial charge in [0.05, 0.1) is 11.8 Å². The normalized spacial score (nSPS) is 10.5. The van der Waals surface area contributed by atoms with E-state index in [2.05, 4.69) is 4.98 Å². The Hall–Kier alpha value is -1.49. The molecule has 1 heterocycles. The van der Waals surface area contributed by atoms with Gasteiger partial charge in [0.2, 0.25) is 0 Å². The lowest BCUT2D eigenvalue weighted by Crippen LogP contribution is -1.92. The van der Waals surface area contributed by atoms with Gasteiger partial charge in [0.25, 0.3) is 0 Å². The average Bonchev–Trinajstić information content (AvgIpc) is 2.43. The van der Waals surface area contributed by atoms with Gasteiger partial charge in [-0.25, -0.2) is 0 Å². The lowest BCUT2D eigenvalue weighted by Gasteiger charge is -2.01. The van der Waals surface area contributed by atoms with Crippen molar-refractivity contribution in [3.8, 4) is 5.75 Å². The van der Waals surface area contributed by atoms with Crippen molar-refractivity contribution in [2.45, 2.75) is 0 Å². The number of anilines is 1. The van der Waals surface area contributed by atoms with Crippen LogP contribution in [0.25, 0.3) is 10.2 Å². The quantitative estimate of drug-likeness (QED) is 0.673. The van der Waals surface area contributed by atoms with Crippen LogP contribution in [0.5, 0.6) is 5.75 Å². The fourth-order valence-electron chi connectivity index (χ4n) is 1.20. The number of nitrogens with one attached hydrogen (secondary N) is 1. The van der Waals surface area contributed by atoms with Crippen molar-refractivity contribution in [3.05, 3.63) is 21.8 Å². The van der Waals surface area contributed by atoms with Gasteiger partial charge in [-0.05, 0) is 6.07 Å². The van der Waals surface area contributed by atoms with Crippen molar-refractivity contribution in [1.29, 1.82) is 0 Å². The predicted molar refractivity (Wildman–Crippen MR) is 53.4 cm³/mol. The highest BCUT2D eigenvalue weighted by Gasteiger charge is 2.06. The predicted octanol–water partition coefficient (Wildman–Crippen LogP) is 1.18. The van der Waals surface area contributed by atoms with Gasteiger partial charge in [0.15, 0.2) is 0 Å². The Labute approximate surface area is 78.0 Å². The number of nitrogen functional groups attached to an aromatic ring is 1. The van der Waals surface area contributed by atoms with Crippen LogP contribution in [0, 0.1) is 0 Å². The molecule has 0 aliphatic heterocycles. The van der Waals surface area contributed by atoms with Crippen molar-refractivity contribution in [2.75, 3.05) is 12.8 Å². The molecule has 13 heavy (non-hydrogen) atoms. The summed E-state index contributed by atoms with van der Waals surface area (Å²) in [5.41, 5.74) is 6.93. The van der Waals surface area contributed by atoms with Crippen LogP contribution in [0.4, 0.5) is 5.69 Å².